The number of hydrogen-bond acceptors (Lipinski definition) is 4. The zero-order chi connectivity index (χ0) is 14.7. The van der Waals surface area contributed by atoms with Crippen molar-refractivity contribution < 1.29 is 14.7 Å². The van der Waals surface area contributed by atoms with E-state index >= 15 is 0 Å². The second-order valence-electron chi connectivity index (χ2n) is 4.26. The van der Waals surface area contributed by atoms with Crippen molar-refractivity contribution in [2.75, 3.05) is 19.7 Å². The van der Waals surface area contributed by atoms with Gasteiger partial charge >= 0.3 is 0 Å². The van der Waals surface area contributed by atoms with Crippen molar-refractivity contribution in [3.05, 3.63) is 32.4 Å². The maximum absolute atomic E-state index is 12.4. The summed E-state index contributed by atoms with van der Waals surface area (Å²) in [6, 6.07) is 5.15. The maximum Gasteiger partial charge on any atom is 0.254 e. The Labute approximate surface area is 134 Å². The van der Waals surface area contributed by atoms with Crippen LogP contribution in [0.3, 0.4) is 0 Å². The molecule has 108 valence electrons. The number of amidine groups is 1. The van der Waals surface area contributed by atoms with Crippen LogP contribution in [0, 0.1) is 3.57 Å². The van der Waals surface area contributed by atoms with Gasteiger partial charge in [-0.15, -0.1) is 0 Å². The van der Waals surface area contributed by atoms with E-state index in [0.717, 1.165) is 3.57 Å². The molecule has 1 fully saturated rings. The number of hydrogen-bond donors (Lipinski definition) is 2. The van der Waals surface area contributed by atoms with E-state index in [1.807, 2.05) is 0 Å². The summed E-state index contributed by atoms with van der Waals surface area (Å²) < 4.78 is 6.24. The number of carbonyl (C=O) groups is 1. The predicted octanol–water partition coefficient (Wildman–Crippen LogP) is 1.53. The van der Waals surface area contributed by atoms with Crippen LogP contribution in [-0.4, -0.2) is 47.7 Å². The van der Waals surface area contributed by atoms with Crippen molar-refractivity contribution in [1.29, 1.82) is 0 Å². The van der Waals surface area contributed by atoms with Crippen LogP contribution < -0.4 is 5.73 Å². The molecule has 1 heterocycles. The van der Waals surface area contributed by atoms with Crippen LogP contribution in [0.2, 0.25) is 5.02 Å². The van der Waals surface area contributed by atoms with Gasteiger partial charge in [0.2, 0.25) is 0 Å². The van der Waals surface area contributed by atoms with Gasteiger partial charge in [0.1, 0.15) is 6.10 Å². The molecular weight excluding hydrogens is 397 g/mol. The van der Waals surface area contributed by atoms with Crippen molar-refractivity contribution in [3.63, 3.8) is 0 Å². The van der Waals surface area contributed by atoms with E-state index in [0.29, 0.717) is 23.7 Å². The topological polar surface area (TPSA) is 88.2 Å². The largest absolute Gasteiger partial charge is 0.409 e. The van der Waals surface area contributed by atoms with E-state index in [2.05, 4.69) is 27.7 Å². The average Bonchev–Trinajstić information content (AvgIpc) is 2.48. The highest BCUT2D eigenvalue weighted by atomic mass is 127. The molecule has 1 unspecified atom stereocenters. The van der Waals surface area contributed by atoms with Crippen LogP contribution in [0.25, 0.3) is 0 Å². The van der Waals surface area contributed by atoms with Gasteiger partial charge in [-0.1, -0.05) is 16.8 Å². The lowest BCUT2D eigenvalue weighted by Crippen LogP contribution is -2.50. The van der Waals surface area contributed by atoms with Crippen molar-refractivity contribution in [1.82, 2.24) is 4.90 Å². The van der Waals surface area contributed by atoms with E-state index in [1.54, 1.807) is 23.1 Å². The minimum Gasteiger partial charge on any atom is -0.409 e. The van der Waals surface area contributed by atoms with E-state index in [1.165, 1.54) is 0 Å². The van der Waals surface area contributed by atoms with Crippen LogP contribution in [-0.2, 0) is 4.74 Å². The minimum atomic E-state index is -0.586. The highest BCUT2D eigenvalue weighted by Gasteiger charge is 2.27. The van der Waals surface area contributed by atoms with Gasteiger partial charge in [0, 0.05) is 15.7 Å². The SMILES string of the molecule is N/C(=N/O)C1CN(C(=O)c2ccc(I)c(Cl)c2)CCO1. The second-order valence-corrected chi connectivity index (χ2v) is 5.83. The first-order valence-corrected chi connectivity index (χ1v) is 7.32. The number of nitrogens with zero attached hydrogens (tertiary/aromatic N) is 2. The van der Waals surface area contributed by atoms with Crippen molar-refractivity contribution in [3.8, 4) is 0 Å². The molecular formula is C12H13ClIN3O3. The van der Waals surface area contributed by atoms with Crippen LogP contribution >= 0.6 is 34.2 Å². The molecule has 8 heteroatoms. The molecule has 0 bridgehead atoms. The van der Waals surface area contributed by atoms with Gasteiger partial charge in [-0.25, -0.2) is 0 Å². The molecule has 1 atom stereocenters. The van der Waals surface area contributed by atoms with Crippen molar-refractivity contribution in [2.24, 2.45) is 10.9 Å². The van der Waals surface area contributed by atoms with E-state index in [-0.39, 0.29) is 18.3 Å². The summed E-state index contributed by atoms with van der Waals surface area (Å²) in [5.74, 6) is -0.189. The predicted molar refractivity (Wildman–Crippen MR) is 83.2 cm³/mol. The summed E-state index contributed by atoms with van der Waals surface area (Å²) in [6.07, 6.45) is -0.586. The number of nitrogens with two attached hydrogens (primary N) is 1. The first-order chi connectivity index (χ1) is 9.52. The van der Waals surface area contributed by atoms with Crippen LogP contribution in [0.15, 0.2) is 23.4 Å². The summed E-state index contributed by atoms with van der Waals surface area (Å²) in [5, 5.41) is 12.1. The zero-order valence-electron chi connectivity index (χ0n) is 10.4. The number of benzene rings is 1. The first kappa shape index (κ1) is 15.3. The Kier molecular flexibility index (Phi) is 5.06. The summed E-state index contributed by atoms with van der Waals surface area (Å²) in [4.78, 5) is 14.0. The van der Waals surface area contributed by atoms with Crippen molar-refractivity contribution in [2.45, 2.75) is 6.10 Å². The minimum absolute atomic E-state index is 0.0388. The molecule has 6 nitrogen and oxygen atoms in total. The Morgan fingerprint density at radius 1 is 1.60 bits per heavy atom. The monoisotopic (exact) mass is 409 g/mol. The van der Waals surface area contributed by atoms with Gasteiger partial charge in [0.25, 0.3) is 5.91 Å². The maximum atomic E-state index is 12.4. The molecule has 3 N–H and O–H groups in total. The fourth-order valence-corrected chi connectivity index (χ4v) is 2.40. The number of oxime groups is 1. The summed E-state index contributed by atoms with van der Waals surface area (Å²) >= 11 is 8.12. The van der Waals surface area contributed by atoms with Gasteiger partial charge in [-0.05, 0) is 40.8 Å². The lowest BCUT2D eigenvalue weighted by Gasteiger charge is -2.32. The first-order valence-electron chi connectivity index (χ1n) is 5.86. The van der Waals surface area contributed by atoms with Crippen molar-refractivity contribution >= 4 is 45.9 Å². The Morgan fingerprint density at radius 3 is 3.00 bits per heavy atom. The number of rotatable bonds is 2. The van der Waals surface area contributed by atoms with Crippen LogP contribution in [0.5, 0.6) is 0 Å². The van der Waals surface area contributed by atoms with Gasteiger partial charge in [0.05, 0.1) is 18.2 Å². The van der Waals surface area contributed by atoms with E-state index in [9.17, 15) is 4.79 Å². The van der Waals surface area contributed by atoms with Crippen LogP contribution in [0.4, 0.5) is 0 Å². The molecule has 1 aromatic rings. The molecule has 1 amide bonds. The quantitative estimate of drug-likeness (QED) is 0.255. The highest BCUT2D eigenvalue weighted by molar-refractivity contribution is 14.1. The third kappa shape index (κ3) is 3.33. The van der Waals surface area contributed by atoms with Crippen LogP contribution in [0.1, 0.15) is 10.4 Å². The molecule has 0 spiro atoms. The lowest BCUT2D eigenvalue weighted by molar-refractivity contribution is 0.00676. The summed E-state index contributed by atoms with van der Waals surface area (Å²) in [5.41, 5.74) is 6.02. The number of ether oxygens (including phenoxy) is 1. The molecule has 0 aromatic heterocycles. The molecule has 1 aliphatic rings. The number of morpholine rings is 1. The molecule has 20 heavy (non-hydrogen) atoms. The smallest absolute Gasteiger partial charge is 0.254 e. The molecule has 1 aromatic carbocycles. The van der Waals surface area contributed by atoms with Gasteiger partial charge in [0.15, 0.2) is 5.84 Å². The normalized spacial score (nSPS) is 20.0. The van der Waals surface area contributed by atoms with Gasteiger partial charge in [-0.2, -0.15) is 0 Å². The average molecular weight is 410 g/mol. The van der Waals surface area contributed by atoms with Gasteiger partial charge in [-0.3, -0.25) is 4.79 Å². The molecule has 0 radical (unpaired) electrons. The highest BCUT2D eigenvalue weighted by Crippen LogP contribution is 2.21. The molecule has 0 aliphatic carbocycles. The Balaban J connectivity index is 2.14. The summed E-state index contributed by atoms with van der Waals surface area (Å²) in [7, 11) is 0. The third-order valence-electron chi connectivity index (χ3n) is 2.97. The fraction of sp³-hybridized carbons (Fsp3) is 0.333. The zero-order valence-corrected chi connectivity index (χ0v) is 13.3. The Hall–Kier alpha value is -1.06. The van der Waals surface area contributed by atoms with E-state index < -0.39 is 6.10 Å². The Bertz CT molecular complexity index is 553. The van der Waals surface area contributed by atoms with E-state index in [4.69, 9.17) is 27.3 Å². The number of carbonyl (C=O) groups excluding carboxylic acids is 1. The Morgan fingerprint density at radius 2 is 2.35 bits per heavy atom. The second kappa shape index (κ2) is 6.59. The molecule has 1 aliphatic heterocycles. The molecule has 0 saturated carbocycles. The number of halogens is 2. The lowest BCUT2D eigenvalue weighted by atomic mass is 10.1. The third-order valence-corrected chi connectivity index (χ3v) is 4.54. The summed E-state index contributed by atoms with van der Waals surface area (Å²) in [6.45, 7) is 1.04. The van der Waals surface area contributed by atoms with Gasteiger partial charge < -0.3 is 20.6 Å². The number of amides is 1. The fourth-order valence-electron chi connectivity index (χ4n) is 1.89. The standard InChI is InChI=1S/C12H13ClIN3O3/c13-8-5-7(1-2-9(8)14)12(18)17-3-4-20-10(6-17)11(15)16-19/h1-2,5,10,19H,3-4,6H2,(H2,15,16). The molecule has 1 saturated heterocycles. The molecule has 2 rings (SSSR count).